The van der Waals surface area contributed by atoms with Crippen molar-refractivity contribution >= 4 is 17.5 Å². The van der Waals surface area contributed by atoms with Crippen LogP contribution in [-0.2, 0) is 4.79 Å². The van der Waals surface area contributed by atoms with Crippen LogP contribution in [-0.4, -0.2) is 18.4 Å². The van der Waals surface area contributed by atoms with E-state index >= 15 is 0 Å². The van der Waals surface area contributed by atoms with Gasteiger partial charge >= 0.3 is 0 Å². The van der Waals surface area contributed by atoms with E-state index in [0.29, 0.717) is 5.69 Å². The normalized spacial score (nSPS) is 10.1. The molecule has 0 saturated carbocycles. The Morgan fingerprint density at radius 3 is 2.32 bits per heavy atom. The van der Waals surface area contributed by atoms with Gasteiger partial charge in [0.05, 0.1) is 12.1 Å². The molecule has 2 aromatic rings. The van der Waals surface area contributed by atoms with E-state index in [-0.39, 0.29) is 18.0 Å². The van der Waals surface area contributed by atoms with Crippen LogP contribution in [0.25, 0.3) is 0 Å². The smallest absolute Gasteiger partial charge is 0.254 e. The highest BCUT2D eigenvalue weighted by Crippen LogP contribution is 2.13. The second-order valence-corrected chi connectivity index (χ2v) is 5.09. The maximum atomic E-state index is 13.4. The van der Waals surface area contributed by atoms with E-state index in [1.807, 2.05) is 32.0 Å². The van der Waals surface area contributed by atoms with Gasteiger partial charge in [-0.25, -0.2) is 4.39 Å². The van der Waals surface area contributed by atoms with Gasteiger partial charge in [0, 0.05) is 5.69 Å². The Bertz CT molecular complexity index is 693. The fraction of sp³-hybridized carbons (Fsp3) is 0.176. The fourth-order valence-electron chi connectivity index (χ4n) is 2.15. The molecule has 0 radical (unpaired) electrons. The van der Waals surface area contributed by atoms with Crippen LogP contribution >= 0.6 is 0 Å². The molecule has 2 rings (SSSR count). The summed E-state index contributed by atoms with van der Waals surface area (Å²) in [4.78, 5) is 23.6. The van der Waals surface area contributed by atoms with E-state index in [1.165, 1.54) is 18.2 Å². The highest BCUT2D eigenvalue weighted by molar-refractivity contribution is 5.99. The molecule has 114 valence electrons. The Balaban J connectivity index is 1.93. The highest BCUT2D eigenvalue weighted by atomic mass is 19.1. The lowest BCUT2D eigenvalue weighted by Crippen LogP contribution is -2.33. The van der Waals surface area contributed by atoms with Crippen molar-refractivity contribution in [2.24, 2.45) is 0 Å². The van der Waals surface area contributed by atoms with E-state index in [2.05, 4.69) is 10.6 Å². The SMILES string of the molecule is Cc1cc(C)cc(NC(=O)CNC(=O)c2ccccc2F)c1. The number of anilines is 1. The molecule has 2 amide bonds. The number of aryl methyl sites for hydroxylation is 2. The molecule has 5 heteroatoms. The van der Waals surface area contributed by atoms with Crippen molar-refractivity contribution in [1.29, 1.82) is 0 Å². The summed E-state index contributed by atoms with van der Waals surface area (Å²) < 4.78 is 13.4. The van der Waals surface area contributed by atoms with E-state index < -0.39 is 11.7 Å². The summed E-state index contributed by atoms with van der Waals surface area (Å²) in [5.74, 6) is -1.60. The molecule has 0 unspecified atom stereocenters. The molecule has 4 nitrogen and oxygen atoms in total. The number of hydrogen-bond acceptors (Lipinski definition) is 2. The molecule has 2 N–H and O–H groups in total. The second-order valence-electron chi connectivity index (χ2n) is 5.09. The Kier molecular flexibility index (Phi) is 4.88. The van der Waals surface area contributed by atoms with Gasteiger partial charge in [-0.1, -0.05) is 18.2 Å². The van der Waals surface area contributed by atoms with Gasteiger partial charge in [0.25, 0.3) is 5.91 Å². The third kappa shape index (κ3) is 4.15. The second kappa shape index (κ2) is 6.85. The number of hydrogen-bond donors (Lipinski definition) is 2. The number of nitrogens with one attached hydrogen (secondary N) is 2. The molecular weight excluding hydrogens is 283 g/mol. The van der Waals surface area contributed by atoms with Crippen LogP contribution in [0.5, 0.6) is 0 Å². The molecule has 0 aliphatic rings. The monoisotopic (exact) mass is 300 g/mol. The highest BCUT2D eigenvalue weighted by Gasteiger charge is 2.12. The van der Waals surface area contributed by atoms with E-state index in [0.717, 1.165) is 11.1 Å². The van der Waals surface area contributed by atoms with Crippen LogP contribution in [0.3, 0.4) is 0 Å². The number of carbonyl (C=O) groups excluding carboxylic acids is 2. The van der Waals surface area contributed by atoms with Crippen molar-refractivity contribution < 1.29 is 14.0 Å². The summed E-state index contributed by atoms with van der Waals surface area (Å²) in [6, 6.07) is 11.3. The molecule has 0 saturated heterocycles. The van der Waals surface area contributed by atoms with Crippen LogP contribution in [0.1, 0.15) is 21.5 Å². The van der Waals surface area contributed by atoms with Crippen LogP contribution in [0.4, 0.5) is 10.1 Å². The number of amides is 2. The number of halogens is 1. The third-order valence-electron chi connectivity index (χ3n) is 3.03. The summed E-state index contributed by atoms with van der Waals surface area (Å²) in [6.07, 6.45) is 0. The van der Waals surface area contributed by atoms with E-state index in [4.69, 9.17) is 0 Å². The topological polar surface area (TPSA) is 58.2 Å². The Morgan fingerprint density at radius 1 is 1.05 bits per heavy atom. The van der Waals surface area contributed by atoms with Gasteiger partial charge in [-0.05, 0) is 49.2 Å². The molecule has 0 aromatic heterocycles. The predicted molar refractivity (Wildman–Crippen MR) is 83.3 cm³/mol. The molecule has 0 atom stereocenters. The molecule has 2 aromatic carbocycles. The van der Waals surface area contributed by atoms with Crippen LogP contribution in [0.2, 0.25) is 0 Å². The average molecular weight is 300 g/mol. The summed E-state index contributed by atoms with van der Waals surface area (Å²) >= 11 is 0. The lowest BCUT2D eigenvalue weighted by molar-refractivity contribution is -0.115. The number of benzene rings is 2. The van der Waals surface area contributed by atoms with E-state index in [9.17, 15) is 14.0 Å². The zero-order valence-electron chi connectivity index (χ0n) is 12.4. The van der Waals surface area contributed by atoms with Crippen LogP contribution < -0.4 is 10.6 Å². The van der Waals surface area contributed by atoms with Gasteiger partial charge in [-0.3, -0.25) is 9.59 Å². The Morgan fingerprint density at radius 2 is 1.68 bits per heavy atom. The maximum Gasteiger partial charge on any atom is 0.254 e. The van der Waals surface area contributed by atoms with Crippen molar-refractivity contribution in [1.82, 2.24) is 5.32 Å². The first-order valence-electron chi connectivity index (χ1n) is 6.86. The quantitative estimate of drug-likeness (QED) is 0.912. The molecule has 0 heterocycles. The zero-order chi connectivity index (χ0) is 16.1. The Hall–Kier alpha value is -2.69. The van der Waals surface area contributed by atoms with Crippen molar-refractivity contribution in [3.63, 3.8) is 0 Å². The van der Waals surface area contributed by atoms with Crippen LogP contribution in [0.15, 0.2) is 42.5 Å². The first kappa shape index (κ1) is 15.7. The molecule has 0 aliphatic heterocycles. The maximum absolute atomic E-state index is 13.4. The first-order valence-corrected chi connectivity index (χ1v) is 6.86. The predicted octanol–water partition coefficient (Wildman–Crippen LogP) is 2.81. The van der Waals surface area contributed by atoms with Gasteiger partial charge in [0.1, 0.15) is 5.82 Å². The first-order chi connectivity index (χ1) is 10.5. The molecule has 0 bridgehead atoms. The summed E-state index contributed by atoms with van der Waals surface area (Å²) in [5, 5.41) is 5.10. The van der Waals surface area contributed by atoms with Gasteiger partial charge < -0.3 is 10.6 Å². The third-order valence-corrected chi connectivity index (χ3v) is 3.03. The van der Waals surface area contributed by atoms with Gasteiger partial charge in [0.2, 0.25) is 5.91 Å². The van der Waals surface area contributed by atoms with Gasteiger partial charge in [0.15, 0.2) is 0 Å². The van der Waals surface area contributed by atoms with Gasteiger partial charge in [-0.2, -0.15) is 0 Å². The van der Waals surface area contributed by atoms with Crippen molar-refractivity contribution in [3.05, 3.63) is 65.0 Å². The molecular formula is C17H17FN2O2. The number of rotatable bonds is 4. The number of carbonyl (C=O) groups is 2. The summed E-state index contributed by atoms with van der Waals surface area (Å²) in [6.45, 7) is 3.64. The van der Waals surface area contributed by atoms with Crippen molar-refractivity contribution in [3.8, 4) is 0 Å². The minimum atomic E-state index is -0.617. The minimum absolute atomic E-state index is 0.0818. The fourth-order valence-corrected chi connectivity index (χ4v) is 2.15. The molecule has 22 heavy (non-hydrogen) atoms. The lowest BCUT2D eigenvalue weighted by atomic mass is 10.1. The standard InChI is InChI=1S/C17H17FN2O2/c1-11-7-12(2)9-13(8-11)20-16(21)10-19-17(22)14-5-3-4-6-15(14)18/h3-9H,10H2,1-2H3,(H,19,22)(H,20,21). The van der Waals surface area contributed by atoms with Crippen molar-refractivity contribution in [2.75, 3.05) is 11.9 Å². The Labute approximate surface area is 128 Å². The minimum Gasteiger partial charge on any atom is -0.343 e. The summed E-state index contributed by atoms with van der Waals surface area (Å²) in [7, 11) is 0. The van der Waals surface area contributed by atoms with Crippen molar-refractivity contribution in [2.45, 2.75) is 13.8 Å². The molecule has 0 spiro atoms. The lowest BCUT2D eigenvalue weighted by Gasteiger charge is -2.09. The van der Waals surface area contributed by atoms with Crippen LogP contribution in [0, 0.1) is 19.7 Å². The molecule has 0 fully saturated rings. The average Bonchev–Trinajstić information content (AvgIpc) is 2.44. The van der Waals surface area contributed by atoms with E-state index in [1.54, 1.807) is 6.07 Å². The summed E-state index contributed by atoms with van der Waals surface area (Å²) in [5.41, 5.74) is 2.65. The zero-order valence-corrected chi connectivity index (χ0v) is 12.4. The largest absolute Gasteiger partial charge is 0.343 e. The molecule has 0 aliphatic carbocycles. The van der Waals surface area contributed by atoms with Gasteiger partial charge in [-0.15, -0.1) is 0 Å².